The topological polar surface area (TPSA) is 138 Å². The van der Waals surface area contributed by atoms with E-state index < -0.39 is 17.3 Å². The van der Waals surface area contributed by atoms with Crippen molar-refractivity contribution < 1.29 is 27.8 Å². The van der Waals surface area contributed by atoms with E-state index in [4.69, 9.17) is 5.73 Å². The molecule has 0 radical (unpaired) electrons. The van der Waals surface area contributed by atoms with Crippen LogP contribution in [0.25, 0.3) is 27.7 Å². The number of rotatable bonds is 7. The SMILES string of the molecule is C[NH+]=CN=C(N)c1ccc(C2=CCN(C(=O)CN3CC[C@]4(CCN(c5ccc6[nH]nc(-c7ccnc(C(F)(F)F)c7)c6c5)C4=O)C3)CC2)cc1. The number of nitrogens with one attached hydrogen (secondary N) is 2. The van der Waals surface area contributed by atoms with Gasteiger partial charge in [0.2, 0.25) is 17.6 Å². The highest BCUT2D eigenvalue weighted by molar-refractivity contribution is 6.03. The van der Waals surface area contributed by atoms with E-state index in [1.165, 1.54) is 18.0 Å². The number of carbonyl (C=O) groups excluding carboxylic acids is 2. The van der Waals surface area contributed by atoms with Crippen molar-refractivity contribution in [2.45, 2.75) is 25.4 Å². The molecule has 1 spiro atoms. The number of likely N-dealkylation sites (tertiary alicyclic amines) is 1. The number of amides is 2. The second kappa shape index (κ2) is 13.2. The number of H-pyrrole nitrogens is 1. The molecule has 258 valence electrons. The first-order valence-corrected chi connectivity index (χ1v) is 16.5. The predicted octanol–water partition coefficient (Wildman–Crippen LogP) is 2.83. The van der Waals surface area contributed by atoms with Gasteiger partial charge in [0.05, 0.1) is 24.5 Å². The average Bonchev–Trinajstić information content (AvgIpc) is 3.83. The third-order valence-electron chi connectivity index (χ3n) is 9.93. The van der Waals surface area contributed by atoms with Crippen molar-refractivity contribution in [3.8, 4) is 11.3 Å². The van der Waals surface area contributed by atoms with Crippen molar-refractivity contribution in [3.63, 3.8) is 0 Å². The van der Waals surface area contributed by atoms with Gasteiger partial charge in [-0.15, -0.1) is 0 Å². The molecular weight excluding hydrogens is 647 g/mol. The smallest absolute Gasteiger partial charge is 0.362 e. The van der Waals surface area contributed by atoms with E-state index in [0.29, 0.717) is 73.7 Å². The highest BCUT2D eigenvalue weighted by Crippen LogP contribution is 2.43. The van der Waals surface area contributed by atoms with Crippen molar-refractivity contribution >= 4 is 46.2 Å². The third kappa shape index (κ3) is 6.38. The minimum Gasteiger partial charge on any atom is -0.362 e. The Bertz CT molecular complexity index is 2040. The van der Waals surface area contributed by atoms with Crippen LogP contribution in [0.1, 0.15) is 36.1 Å². The summed E-state index contributed by atoms with van der Waals surface area (Å²) in [6.07, 6.45) is 2.23. The Morgan fingerprint density at radius 1 is 1.08 bits per heavy atom. The number of fused-ring (bicyclic) bond motifs is 1. The number of pyridine rings is 1. The lowest BCUT2D eigenvalue weighted by molar-refractivity contribution is -0.414. The molecule has 5 heterocycles. The summed E-state index contributed by atoms with van der Waals surface area (Å²) in [7, 11) is 1.76. The molecule has 0 unspecified atom stereocenters. The molecule has 3 aliphatic rings. The largest absolute Gasteiger partial charge is 0.433 e. The molecule has 0 bridgehead atoms. The number of nitrogens with two attached hydrogens (primary N) is 1. The van der Waals surface area contributed by atoms with Crippen molar-refractivity contribution in [1.29, 1.82) is 0 Å². The number of amidine groups is 1. The Morgan fingerprint density at radius 2 is 1.88 bits per heavy atom. The average molecular weight is 685 g/mol. The van der Waals surface area contributed by atoms with Gasteiger partial charge in [0, 0.05) is 54.6 Å². The van der Waals surface area contributed by atoms with Crippen molar-refractivity contribution in [2.24, 2.45) is 16.1 Å². The summed E-state index contributed by atoms with van der Waals surface area (Å²) in [5.74, 6) is 0.475. The second-order valence-corrected chi connectivity index (χ2v) is 13.0. The lowest BCUT2D eigenvalue weighted by Crippen LogP contribution is -2.62. The zero-order chi connectivity index (χ0) is 35.0. The molecule has 0 saturated carbocycles. The molecule has 11 nitrogen and oxygen atoms in total. The highest BCUT2D eigenvalue weighted by atomic mass is 19.4. The molecule has 7 rings (SSSR count). The fraction of sp³-hybridized carbons (Fsp3) is 0.333. The molecule has 2 fully saturated rings. The van der Waals surface area contributed by atoms with Crippen LogP contribution in [0.5, 0.6) is 0 Å². The van der Waals surface area contributed by atoms with E-state index in [2.05, 4.69) is 36.1 Å². The molecule has 4 aromatic rings. The number of halogens is 3. The first-order valence-electron chi connectivity index (χ1n) is 16.5. The summed E-state index contributed by atoms with van der Waals surface area (Å²) >= 11 is 0. The summed E-state index contributed by atoms with van der Waals surface area (Å²) in [6, 6.07) is 15.8. The molecular formula is C36H37F3N9O2+. The van der Waals surface area contributed by atoms with Gasteiger partial charge in [-0.3, -0.25) is 29.6 Å². The molecule has 3 aliphatic heterocycles. The van der Waals surface area contributed by atoms with E-state index in [0.717, 1.165) is 29.8 Å². The van der Waals surface area contributed by atoms with Crippen LogP contribution in [0.15, 0.2) is 71.9 Å². The zero-order valence-corrected chi connectivity index (χ0v) is 27.5. The minimum absolute atomic E-state index is 0.00451. The molecule has 2 amide bonds. The van der Waals surface area contributed by atoms with Crippen LogP contribution in [0.3, 0.4) is 0 Å². The van der Waals surface area contributed by atoms with Crippen LogP contribution in [0, 0.1) is 5.41 Å². The lowest BCUT2D eigenvalue weighted by Gasteiger charge is -2.29. The summed E-state index contributed by atoms with van der Waals surface area (Å²) in [5, 5.41) is 7.78. The van der Waals surface area contributed by atoms with Crippen LogP contribution >= 0.6 is 0 Å². The number of aromatic nitrogens is 3. The quantitative estimate of drug-likeness (QED) is 0.202. The van der Waals surface area contributed by atoms with Crippen LogP contribution in [-0.2, 0) is 15.8 Å². The maximum Gasteiger partial charge on any atom is 0.433 e. The number of hydrogen-bond acceptors (Lipinski definition) is 5. The summed E-state index contributed by atoms with van der Waals surface area (Å²) in [4.78, 5) is 43.4. The Hall–Kier alpha value is -5.37. The second-order valence-electron chi connectivity index (χ2n) is 13.0. The van der Waals surface area contributed by atoms with Gasteiger partial charge in [-0.05, 0) is 84.4 Å². The molecule has 1 atom stereocenters. The number of hydrogen-bond donors (Lipinski definition) is 3. The Morgan fingerprint density at radius 3 is 2.62 bits per heavy atom. The van der Waals surface area contributed by atoms with Crippen LogP contribution in [-0.4, -0.2) is 95.3 Å². The number of nitrogens with zero attached hydrogens (tertiary/aromatic N) is 6. The first-order chi connectivity index (χ1) is 24.0. The molecule has 50 heavy (non-hydrogen) atoms. The highest BCUT2D eigenvalue weighted by Gasteiger charge is 2.51. The van der Waals surface area contributed by atoms with Gasteiger partial charge in [-0.25, -0.2) is 0 Å². The van der Waals surface area contributed by atoms with Crippen molar-refractivity contribution in [3.05, 3.63) is 83.7 Å². The molecule has 2 aromatic carbocycles. The number of anilines is 1. The summed E-state index contributed by atoms with van der Waals surface area (Å²) in [5.41, 5.74) is 9.50. The van der Waals surface area contributed by atoms with Gasteiger partial charge < -0.3 is 15.5 Å². The number of aromatic amines is 1. The predicted molar refractivity (Wildman–Crippen MR) is 184 cm³/mol. The number of alkyl halides is 3. The molecule has 2 aromatic heterocycles. The Labute approximate surface area is 286 Å². The normalized spacial score (nSPS) is 20.5. The molecule has 14 heteroatoms. The van der Waals surface area contributed by atoms with E-state index in [1.54, 1.807) is 24.1 Å². The fourth-order valence-corrected chi connectivity index (χ4v) is 7.17. The van der Waals surface area contributed by atoms with Gasteiger partial charge in [0.15, 0.2) is 0 Å². The fourth-order valence-electron chi connectivity index (χ4n) is 7.17. The van der Waals surface area contributed by atoms with Gasteiger partial charge in [0.25, 0.3) is 6.34 Å². The summed E-state index contributed by atoms with van der Waals surface area (Å²) < 4.78 is 40.0. The standard InChI is InChI=1S/C36H36F3N9O2/c1-41-22-43-33(40)25-4-2-23(3-5-25)24-9-14-47(15-10-24)31(49)20-46-16-11-35(21-46)12-17-48(34(35)50)27-6-7-29-28(19-27)32(45-44-29)26-8-13-42-30(18-26)36(37,38)39/h2-9,13,18-19,22H,10-12,14-17,20-21H2,1H3,(H,44,45)(H2,40,41,43)/p+1/t35-/m0/s1. The van der Waals surface area contributed by atoms with E-state index >= 15 is 0 Å². The van der Waals surface area contributed by atoms with E-state index in [9.17, 15) is 22.8 Å². The minimum atomic E-state index is -4.58. The summed E-state index contributed by atoms with van der Waals surface area (Å²) in [6.45, 7) is 3.07. The van der Waals surface area contributed by atoms with Crippen molar-refractivity contribution in [1.82, 2.24) is 25.0 Å². The molecule has 2 saturated heterocycles. The number of benzene rings is 2. The van der Waals surface area contributed by atoms with Gasteiger partial charge in [-0.2, -0.15) is 18.3 Å². The van der Waals surface area contributed by atoms with Crippen LogP contribution in [0.2, 0.25) is 0 Å². The molecule has 0 aliphatic carbocycles. The van der Waals surface area contributed by atoms with Gasteiger partial charge in [-0.1, -0.05) is 18.2 Å². The maximum absolute atomic E-state index is 13.9. The van der Waals surface area contributed by atoms with E-state index in [1.807, 2.05) is 35.2 Å². The monoisotopic (exact) mass is 684 g/mol. The van der Waals surface area contributed by atoms with E-state index in [-0.39, 0.29) is 23.9 Å². The maximum atomic E-state index is 13.9. The number of carbonyl (C=O) groups is 2. The third-order valence-corrected chi connectivity index (χ3v) is 9.93. The molecule has 4 N–H and O–H groups in total. The zero-order valence-electron chi connectivity index (χ0n) is 27.5. The van der Waals surface area contributed by atoms with Crippen LogP contribution < -0.4 is 15.6 Å². The first kappa shape index (κ1) is 33.1. The Balaban J connectivity index is 0.980. The van der Waals surface area contributed by atoms with Crippen molar-refractivity contribution in [2.75, 3.05) is 51.2 Å². The van der Waals surface area contributed by atoms with Gasteiger partial charge in [0.1, 0.15) is 11.4 Å². The number of aliphatic imine (C=N–C) groups is 1. The van der Waals surface area contributed by atoms with Crippen LogP contribution in [0.4, 0.5) is 18.9 Å². The lowest BCUT2D eigenvalue weighted by atomic mass is 9.85. The van der Waals surface area contributed by atoms with Gasteiger partial charge >= 0.3 is 6.18 Å². The Kier molecular flexibility index (Phi) is 8.72.